The molecule has 1 aromatic heterocycles. The van der Waals surface area contributed by atoms with Crippen molar-refractivity contribution in [1.82, 2.24) is 0 Å². The molecule has 0 unspecified atom stereocenters. The van der Waals surface area contributed by atoms with E-state index in [2.05, 4.69) is 5.32 Å². The summed E-state index contributed by atoms with van der Waals surface area (Å²) in [6, 6.07) is 4.60. The molecule has 4 rings (SSSR count). The van der Waals surface area contributed by atoms with E-state index in [1.807, 2.05) is 4.90 Å². The number of hydrogen-bond donors (Lipinski definition) is 1. The first kappa shape index (κ1) is 22.3. The van der Waals surface area contributed by atoms with E-state index >= 15 is 0 Å². The molecule has 2 aliphatic rings. The van der Waals surface area contributed by atoms with E-state index in [0.29, 0.717) is 16.3 Å². The number of aryl methyl sites for hydroxylation is 1. The first-order chi connectivity index (χ1) is 15.5. The second-order valence-corrected chi connectivity index (χ2v) is 9.20. The fourth-order valence-electron chi connectivity index (χ4n) is 4.46. The molecule has 32 heavy (non-hydrogen) atoms. The maximum absolute atomic E-state index is 13.0. The SMILES string of the molecule is CCOC(=O)c1c(NC(=O)c2ccc(N3CCCCC3)c([N+](=O)[O-])c2)sc2c1CCCC2. The molecule has 1 aromatic carbocycles. The van der Waals surface area contributed by atoms with Crippen molar-refractivity contribution >= 4 is 39.6 Å². The monoisotopic (exact) mass is 457 g/mol. The molecule has 1 amide bonds. The molecule has 0 spiro atoms. The summed E-state index contributed by atoms with van der Waals surface area (Å²) in [6.07, 6.45) is 6.82. The van der Waals surface area contributed by atoms with Gasteiger partial charge in [-0.3, -0.25) is 14.9 Å². The van der Waals surface area contributed by atoms with Crippen LogP contribution in [0, 0.1) is 10.1 Å². The van der Waals surface area contributed by atoms with Crippen LogP contribution in [0.4, 0.5) is 16.4 Å². The Morgan fingerprint density at radius 1 is 1.16 bits per heavy atom. The highest BCUT2D eigenvalue weighted by Gasteiger charge is 2.28. The Balaban J connectivity index is 1.63. The number of nitrogens with one attached hydrogen (secondary N) is 1. The summed E-state index contributed by atoms with van der Waals surface area (Å²) in [7, 11) is 0. The minimum Gasteiger partial charge on any atom is -0.462 e. The molecular weight excluding hydrogens is 430 g/mol. The van der Waals surface area contributed by atoms with Crippen molar-refractivity contribution in [2.75, 3.05) is 29.9 Å². The van der Waals surface area contributed by atoms with Crippen LogP contribution in [-0.4, -0.2) is 36.5 Å². The van der Waals surface area contributed by atoms with E-state index in [1.165, 1.54) is 17.4 Å². The van der Waals surface area contributed by atoms with Gasteiger partial charge in [0, 0.05) is 29.6 Å². The lowest BCUT2D eigenvalue weighted by Crippen LogP contribution is -2.30. The van der Waals surface area contributed by atoms with Crippen LogP contribution in [0.2, 0.25) is 0 Å². The van der Waals surface area contributed by atoms with E-state index in [-0.39, 0.29) is 17.9 Å². The highest BCUT2D eigenvalue weighted by Crippen LogP contribution is 2.39. The fraction of sp³-hybridized carbons (Fsp3) is 0.478. The highest BCUT2D eigenvalue weighted by molar-refractivity contribution is 7.17. The Bertz CT molecular complexity index is 1040. The number of rotatable bonds is 6. The number of esters is 1. The lowest BCUT2D eigenvalue weighted by molar-refractivity contribution is -0.384. The molecule has 0 atom stereocenters. The van der Waals surface area contributed by atoms with Crippen molar-refractivity contribution in [1.29, 1.82) is 0 Å². The zero-order valence-corrected chi connectivity index (χ0v) is 19.0. The van der Waals surface area contributed by atoms with E-state index < -0.39 is 16.8 Å². The zero-order valence-electron chi connectivity index (χ0n) is 18.1. The topological polar surface area (TPSA) is 102 Å². The lowest BCUT2D eigenvalue weighted by Gasteiger charge is -2.28. The van der Waals surface area contributed by atoms with Gasteiger partial charge in [-0.1, -0.05) is 0 Å². The molecule has 1 aliphatic carbocycles. The molecule has 1 fully saturated rings. The first-order valence-electron chi connectivity index (χ1n) is 11.2. The molecule has 170 valence electrons. The number of nitro benzene ring substituents is 1. The second kappa shape index (κ2) is 9.68. The van der Waals surface area contributed by atoms with Crippen LogP contribution in [-0.2, 0) is 17.6 Å². The quantitative estimate of drug-likeness (QED) is 0.374. The number of carbonyl (C=O) groups is 2. The van der Waals surface area contributed by atoms with Gasteiger partial charge >= 0.3 is 5.97 Å². The average Bonchev–Trinajstić information content (AvgIpc) is 3.17. The van der Waals surface area contributed by atoms with Crippen LogP contribution >= 0.6 is 11.3 Å². The third kappa shape index (κ3) is 4.48. The van der Waals surface area contributed by atoms with Crippen LogP contribution in [0.25, 0.3) is 0 Å². The van der Waals surface area contributed by atoms with Crippen molar-refractivity contribution < 1.29 is 19.2 Å². The van der Waals surface area contributed by atoms with Gasteiger partial charge in [0.05, 0.1) is 17.1 Å². The van der Waals surface area contributed by atoms with Crippen LogP contribution < -0.4 is 10.2 Å². The minimum atomic E-state index is -0.470. The van der Waals surface area contributed by atoms with Gasteiger partial charge in [-0.05, 0) is 69.6 Å². The summed E-state index contributed by atoms with van der Waals surface area (Å²) < 4.78 is 5.24. The van der Waals surface area contributed by atoms with E-state index in [0.717, 1.165) is 68.5 Å². The number of ether oxygens (including phenoxy) is 1. The molecule has 2 heterocycles. The number of nitrogens with zero attached hydrogens (tertiary/aromatic N) is 2. The standard InChI is InChI=1S/C23H27N3O5S/c1-2-31-23(28)20-16-8-4-5-9-19(16)32-22(20)24-21(27)15-10-11-17(18(14-15)26(29)30)25-12-6-3-7-13-25/h10-11,14H,2-9,12-13H2,1H3,(H,24,27). The maximum Gasteiger partial charge on any atom is 0.341 e. The Hall–Kier alpha value is -2.94. The lowest BCUT2D eigenvalue weighted by atomic mass is 9.95. The normalized spacial score (nSPS) is 15.7. The number of anilines is 2. The number of thiophene rings is 1. The zero-order chi connectivity index (χ0) is 22.7. The third-order valence-electron chi connectivity index (χ3n) is 6.01. The van der Waals surface area contributed by atoms with E-state index in [4.69, 9.17) is 4.74 Å². The minimum absolute atomic E-state index is 0.0735. The average molecular weight is 458 g/mol. The Morgan fingerprint density at radius 2 is 1.91 bits per heavy atom. The van der Waals surface area contributed by atoms with Crippen LogP contribution in [0.5, 0.6) is 0 Å². The predicted octanol–water partition coefficient (Wildman–Crippen LogP) is 4.95. The van der Waals surface area contributed by atoms with Gasteiger partial charge in [0.2, 0.25) is 0 Å². The van der Waals surface area contributed by atoms with Gasteiger partial charge in [-0.2, -0.15) is 0 Å². The molecule has 1 N–H and O–H groups in total. The van der Waals surface area contributed by atoms with Crippen molar-refractivity contribution in [3.8, 4) is 0 Å². The summed E-state index contributed by atoms with van der Waals surface area (Å²) in [6.45, 7) is 3.55. The highest BCUT2D eigenvalue weighted by atomic mass is 32.1. The third-order valence-corrected chi connectivity index (χ3v) is 7.22. The summed E-state index contributed by atoms with van der Waals surface area (Å²) in [4.78, 5) is 40.1. The summed E-state index contributed by atoms with van der Waals surface area (Å²) in [5, 5.41) is 15.0. The van der Waals surface area contributed by atoms with Gasteiger partial charge in [-0.15, -0.1) is 11.3 Å². The number of amides is 1. The largest absolute Gasteiger partial charge is 0.462 e. The Kier molecular flexibility index (Phi) is 6.74. The smallest absolute Gasteiger partial charge is 0.341 e. The first-order valence-corrected chi connectivity index (χ1v) is 12.0. The number of nitro groups is 1. The van der Waals surface area contributed by atoms with Gasteiger partial charge < -0.3 is 15.0 Å². The molecule has 0 radical (unpaired) electrons. The summed E-state index contributed by atoms with van der Waals surface area (Å²) in [5.74, 6) is -0.906. The molecule has 8 nitrogen and oxygen atoms in total. The number of hydrogen-bond acceptors (Lipinski definition) is 7. The second-order valence-electron chi connectivity index (χ2n) is 8.10. The van der Waals surface area contributed by atoms with Crippen molar-refractivity contribution in [3.63, 3.8) is 0 Å². The van der Waals surface area contributed by atoms with Crippen LogP contribution in [0.1, 0.15) is 70.2 Å². The van der Waals surface area contributed by atoms with E-state index in [1.54, 1.807) is 19.1 Å². The van der Waals surface area contributed by atoms with Gasteiger partial charge in [-0.25, -0.2) is 4.79 Å². The molecule has 9 heteroatoms. The molecule has 0 saturated carbocycles. The number of fused-ring (bicyclic) bond motifs is 1. The van der Waals surface area contributed by atoms with Crippen LogP contribution in [0.15, 0.2) is 18.2 Å². The Morgan fingerprint density at radius 3 is 2.62 bits per heavy atom. The number of carbonyl (C=O) groups excluding carboxylic acids is 2. The number of piperidine rings is 1. The molecular formula is C23H27N3O5S. The van der Waals surface area contributed by atoms with Crippen molar-refractivity contribution in [3.05, 3.63) is 49.9 Å². The fourth-order valence-corrected chi connectivity index (χ4v) is 5.73. The van der Waals surface area contributed by atoms with Gasteiger partial charge in [0.15, 0.2) is 0 Å². The summed E-state index contributed by atoms with van der Waals surface area (Å²) >= 11 is 1.40. The van der Waals surface area contributed by atoms with Crippen LogP contribution in [0.3, 0.4) is 0 Å². The molecule has 1 saturated heterocycles. The Labute approximate surface area is 190 Å². The van der Waals surface area contributed by atoms with Gasteiger partial charge in [0.1, 0.15) is 10.7 Å². The van der Waals surface area contributed by atoms with Crippen molar-refractivity contribution in [2.45, 2.75) is 51.9 Å². The summed E-state index contributed by atoms with van der Waals surface area (Å²) in [5.41, 5.74) is 2.06. The van der Waals surface area contributed by atoms with E-state index in [9.17, 15) is 19.7 Å². The molecule has 2 aromatic rings. The molecule has 1 aliphatic heterocycles. The molecule has 0 bridgehead atoms. The van der Waals surface area contributed by atoms with Gasteiger partial charge in [0.25, 0.3) is 11.6 Å². The number of benzene rings is 1. The maximum atomic E-state index is 13.0. The van der Waals surface area contributed by atoms with Crippen molar-refractivity contribution in [2.24, 2.45) is 0 Å². The predicted molar refractivity (Wildman–Crippen MR) is 124 cm³/mol.